The Morgan fingerprint density at radius 2 is 1.62 bits per heavy atom. The third-order valence-corrected chi connectivity index (χ3v) is 5.43. The van der Waals surface area contributed by atoms with Crippen molar-refractivity contribution in [1.82, 2.24) is 0 Å². The first kappa shape index (κ1) is 32.0. The predicted molar refractivity (Wildman–Crippen MR) is 111 cm³/mol. The largest absolute Gasteiger partial charge is 1.00 e. The SMILES string of the molecule is CC#Cc1ccc2c(OCCCSOO[O-])c(C)ccc2c1OCCCS(=O)(=O)[O-].[Na+].[Na+]. The number of fused-ring (bicyclic) bond motifs is 1. The third-order valence-electron chi connectivity index (χ3n) is 4.04. The molecule has 0 heterocycles. The Labute approximate surface area is 237 Å². The average molecular weight is 501 g/mol. The van der Waals surface area contributed by atoms with Crippen LogP contribution in [0, 0.1) is 18.8 Å². The van der Waals surface area contributed by atoms with E-state index in [1.165, 1.54) is 0 Å². The van der Waals surface area contributed by atoms with Gasteiger partial charge in [0.15, 0.2) is 0 Å². The van der Waals surface area contributed by atoms with Gasteiger partial charge >= 0.3 is 59.1 Å². The van der Waals surface area contributed by atoms with Crippen LogP contribution in [0.2, 0.25) is 0 Å². The Morgan fingerprint density at radius 3 is 2.28 bits per heavy atom. The van der Waals surface area contributed by atoms with Gasteiger partial charge in [0.1, 0.15) is 11.5 Å². The summed E-state index contributed by atoms with van der Waals surface area (Å²) in [5, 5.41) is 14.7. The number of hydrogen-bond donors (Lipinski definition) is 0. The zero-order valence-electron chi connectivity index (χ0n) is 18.6. The molecular formula is C20H22Na2O8S2. The van der Waals surface area contributed by atoms with Crippen molar-refractivity contribution in [2.75, 3.05) is 24.7 Å². The minimum atomic E-state index is -4.29. The second-order valence-electron chi connectivity index (χ2n) is 6.25. The molecule has 0 aliphatic rings. The van der Waals surface area contributed by atoms with E-state index in [-0.39, 0.29) is 72.1 Å². The minimum Gasteiger partial charge on any atom is -0.748 e. The van der Waals surface area contributed by atoms with Crippen molar-refractivity contribution in [2.24, 2.45) is 0 Å². The molecule has 12 heteroatoms. The van der Waals surface area contributed by atoms with Crippen LogP contribution in [0.25, 0.3) is 10.8 Å². The topological polar surface area (TPSA) is 117 Å². The summed E-state index contributed by atoms with van der Waals surface area (Å²) in [5.41, 5.74) is 1.60. The molecule has 0 aromatic heterocycles. The normalized spacial score (nSPS) is 10.5. The molecular weight excluding hydrogens is 478 g/mol. The van der Waals surface area contributed by atoms with Crippen molar-refractivity contribution >= 4 is 32.9 Å². The van der Waals surface area contributed by atoms with Crippen LogP contribution in [-0.4, -0.2) is 37.7 Å². The van der Waals surface area contributed by atoms with Crippen LogP contribution in [0.1, 0.15) is 30.9 Å². The first-order chi connectivity index (χ1) is 14.4. The molecule has 0 aliphatic heterocycles. The second-order valence-corrected chi connectivity index (χ2v) is 8.55. The van der Waals surface area contributed by atoms with E-state index in [1.807, 2.05) is 31.2 Å². The van der Waals surface area contributed by atoms with E-state index in [0.29, 0.717) is 35.8 Å². The van der Waals surface area contributed by atoms with Crippen molar-refractivity contribution in [3.8, 4) is 23.3 Å². The Kier molecular flexibility index (Phi) is 16.6. The molecule has 2 aromatic rings. The van der Waals surface area contributed by atoms with Crippen molar-refractivity contribution in [1.29, 1.82) is 0 Å². The fraction of sp³-hybridized carbons (Fsp3) is 0.400. The van der Waals surface area contributed by atoms with E-state index >= 15 is 0 Å². The smallest absolute Gasteiger partial charge is 0.748 e. The van der Waals surface area contributed by atoms with Gasteiger partial charge < -0.3 is 19.3 Å². The van der Waals surface area contributed by atoms with Gasteiger partial charge in [0.2, 0.25) is 0 Å². The van der Waals surface area contributed by atoms with Gasteiger partial charge in [-0.05, 0) is 44.4 Å². The summed E-state index contributed by atoms with van der Waals surface area (Å²) < 4.78 is 48.4. The van der Waals surface area contributed by atoms with Gasteiger partial charge in [-0.15, -0.1) is 5.92 Å². The first-order valence-corrected chi connectivity index (χ1v) is 11.6. The van der Waals surface area contributed by atoms with Gasteiger partial charge in [0.25, 0.3) is 0 Å². The molecule has 0 saturated carbocycles. The zero-order chi connectivity index (χ0) is 22.0. The molecule has 0 N–H and O–H groups in total. The van der Waals surface area contributed by atoms with E-state index in [4.69, 9.17) is 9.47 Å². The molecule has 0 atom stereocenters. The number of benzene rings is 2. The van der Waals surface area contributed by atoms with Crippen LogP contribution in [0.5, 0.6) is 11.5 Å². The van der Waals surface area contributed by atoms with E-state index in [2.05, 4.69) is 21.2 Å². The Hall–Kier alpha value is 0.000000000000000444. The van der Waals surface area contributed by atoms with Crippen molar-refractivity contribution in [3.05, 3.63) is 35.4 Å². The van der Waals surface area contributed by atoms with Crippen LogP contribution in [0.3, 0.4) is 0 Å². The summed E-state index contributed by atoms with van der Waals surface area (Å²) in [4.78, 5) is 0. The minimum absolute atomic E-state index is 0. The van der Waals surface area contributed by atoms with Gasteiger partial charge in [0.05, 0.1) is 28.9 Å². The Bertz CT molecular complexity index is 1020. The molecule has 0 unspecified atom stereocenters. The van der Waals surface area contributed by atoms with E-state index in [9.17, 15) is 18.2 Å². The Balaban J connectivity index is 0.00000480. The molecule has 0 amide bonds. The van der Waals surface area contributed by atoms with E-state index in [0.717, 1.165) is 28.4 Å². The fourth-order valence-corrected chi connectivity index (χ4v) is 3.61. The van der Waals surface area contributed by atoms with E-state index < -0.39 is 15.9 Å². The van der Waals surface area contributed by atoms with Crippen LogP contribution < -0.4 is 73.8 Å². The van der Waals surface area contributed by atoms with E-state index in [1.54, 1.807) is 6.92 Å². The van der Waals surface area contributed by atoms with Gasteiger partial charge in [-0.1, -0.05) is 18.1 Å². The quantitative estimate of drug-likeness (QED) is 0.0556. The average Bonchev–Trinajstić information content (AvgIpc) is 2.69. The van der Waals surface area contributed by atoms with Crippen molar-refractivity contribution < 1.29 is 96.2 Å². The molecule has 32 heavy (non-hydrogen) atoms. The molecule has 0 radical (unpaired) electrons. The first-order valence-electron chi connectivity index (χ1n) is 9.13. The standard InChI is InChI=1S/C20H24O8S2.2Na/c1-3-6-16-8-10-17-18(20(16)26-12-5-14-30(22,23)24)9-7-15(2)19(17)25-11-4-13-29-28-27-21;;/h7-10,21H,4-5,11-14H2,1-2H3,(H,22,23,24);;/q;2*+1/p-2. The molecule has 0 fully saturated rings. The number of rotatable bonds is 12. The van der Waals surface area contributed by atoms with Gasteiger partial charge in [-0.3, -0.25) is 5.04 Å². The zero-order valence-corrected chi connectivity index (χ0v) is 24.3. The number of aryl methyl sites for hydroxylation is 1. The third kappa shape index (κ3) is 10.5. The monoisotopic (exact) mass is 500 g/mol. The van der Waals surface area contributed by atoms with Crippen molar-refractivity contribution in [2.45, 2.75) is 26.7 Å². The molecule has 8 nitrogen and oxygen atoms in total. The molecule has 0 spiro atoms. The maximum Gasteiger partial charge on any atom is 1.00 e. The maximum absolute atomic E-state index is 10.8. The van der Waals surface area contributed by atoms with Crippen LogP contribution in [0.4, 0.5) is 0 Å². The fourth-order valence-electron chi connectivity index (χ4n) is 2.80. The summed E-state index contributed by atoms with van der Waals surface area (Å²) in [5.74, 6) is 7.07. The summed E-state index contributed by atoms with van der Waals surface area (Å²) in [6, 6.07) is 7.52. The molecule has 0 aliphatic carbocycles. The summed E-state index contributed by atoms with van der Waals surface area (Å²) in [6.45, 7) is 4.11. The van der Waals surface area contributed by atoms with Crippen LogP contribution >= 0.6 is 12.0 Å². The van der Waals surface area contributed by atoms with Gasteiger partial charge in [0, 0.05) is 34.3 Å². The second kappa shape index (κ2) is 16.6. The number of hydrogen-bond acceptors (Lipinski definition) is 9. The summed E-state index contributed by atoms with van der Waals surface area (Å²) in [7, 11) is -4.29. The predicted octanol–water partition coefficient (Wildman–Crippen LogP) is -3.52. The molecule has 2 rings (SSSR count). The molecule has 0 saturated heterocycles. The van der Waals surface area contributed by atoms with Crippen molar-refractivity contribution in [3.63, 3.8) is 0 Å². The van der Waals surface area contributed by atoms with Gasteiger partial charge in [-0.2, -0.15) is 4.33 Å². The summed E-state index contributed by atoms with van der Waals surface area (Å²) >= 11 is 0.904. The molecule has 0 bridgehead atoms. The summed E-state index contributed by atoms with van der Waals surface area (Å²) in [6.07, 6.45) is 0.722. The number of ether oxygens (including phenoxy) is 2. The Morgan fingerprint density at radius 1 is 1.00 bits per heavy atom. The molecule has 2 aromatic carbocycles. The van der Waals surface area contributed by atoms with Crippen LogP contribution in [0.15, 0.2) is 24.3 Å². The van der Waals surface area contributed by atoms with Crippen LogP contribution in [-0.2, 0) is 19.5 Å². The van der Waals surface area contributed by atoms with Gasteiger partial charge in [-0.25, -0.2) is 8.42 Å². The maximum atomic E-state index is 10.8. The molecule has 164 valence electrons.